The number of hydrogen-bond acceptors (Lipinski definition) is 14. The fourth-order valence-corrected chi connectivity index (χ4v) is 8.49. The predicted molar refractivity (Wildman–Crippen MR) is 161 cm³/mol. The Balaban J connectivity index is 1.10. The van der Waals surface area contributed by atoms with Crippen LogP contribution in [0, 0.1) is 11.8 Å². The third-order valence-electron chi connectivity index (χ3n) is 8.49. The van der Waals surface area contributed by atoms with Gasteiger partial charge in [0.1, 0.15) is 35.5 Å². The van der Waals surface area contributed by atoms with Crippen LogP contribution in [0.5, 0.6) is 0 Å². The highest BCUT2D eigenvalue weighted by atomic mass is 32.7. The Morgan fingerprint density at radius 1 is 1.15 bits per heavy atom. The van der Waals surface area contributed by atoms with E-state index in [1.807, 2.05) is 0 Å². The number of nitrogens with zero attached hydrogens (tertiary/aromatic N) is 8. The zero-order valence-corrected chi connectivity index (χ0v) is 26.2. The summed E-state index contributed by atoms with van der Waals surface area (Å²) in [5, 5.41) is 0. The third kappa shape index (κ3) is 4.78. The van der Waals surface area contributed by atoms with Crippen molar-refractivity contribution in [1.29, 1.82) is 0 Å². The molecule has 3 N–H and O–H groups in total. The molecule has 2 bridgehead atoms. The Morgan fingerprint density at radius 2 is 1.96 bits per heavy atom. The van der Waals surface area contributed by atoms with Crippen LogP contribution in [-0.2, 0) is 32.0 Å². The number of anilines is 1. The van der Waals surface area contributed by atoms with Crippen LogP contribution in [0.15, 0.2) is 48.5 Å². The maximum absolute atomic E-state index is 15.9. The molecule has 3 aliphatic rings. The summed E-state index contributed by atoms with van der Waals surface area (Å²) in [5.74, 6) is -0.392. The first-order valence-electron chi connectivity index (χ1n) is 13.9. The normalized spacial score (nSPS) is 33.9. The highest BCUT2D eigenvalue weighted by Gasteiger charge is 2.51. The minimum absolute atomic E-state index is 0.0231. The third-order valence-corrected chi connectivity index (χ3v) is 10.9. The lowest BCUT2D eigenvalue weighted by molar-refractivity contribution is -0.0434. The second-order valence-corrected chi connectivity index (χ2v) is 14.9. The number of thiol groups is 1. The molecule has 46 heavy (non-hydrogen) atoms. The molecule has 0 spiro atoms. The number of imidazole rings is 3. The standard InChI is InChI=1S/C24H25FN10O8P2S/c1-10-14-11(4-12(14)34-8-30-16-19(26)28-7-29-20(16)34)5-39-44(37)42-18-15(25)13(6-40-45(38,46)43-10)41-23(18)35-9-31-17-21(35)32-24-27-2-3-33(24)22(17)36/h2-3,7-9,11-15,18,23,44H,1,4-6H2,(H,27,32)(H,38,46)(H2,26,28,29)/t11?,12-,13-,14-,15-,18-,23-,45+/m1/s1. The zero-order valence-electron chi connectivity index (χ0n) is 23.5. The van der Waals surface area contributed by atoms with Gasteiger partial charge in [-0.1, -0.05) is 6.58 Å². The van der Waals surface area contributed by atoms with Gasteiger partial charge in [-0.3, -0.25) is 23.0 Å². The van der Waals surface area contributed by atoms with Crippen LogP contribution in [0.3, 0.4) is 0 Å². The maximum Gasteiger partial charge on any atom is 0.436 e. The van der Waals surface area contributed by atoms with Crippen molar-refractivity contribution in [3.63, 3.8) is 0 Å². The fourth-order valence-electron chi connectivity index (χ4n) is 6.29. The van der Waals surface area contributed by atoms with Crippen molar-refractivity contribution in [3.05, 3.63) is 54.1 Å². The SMILES string of the molecule is C=C1O[P@@](=O)(S)OC[C@H]2O[C@@H](n3cnc4c(=O)n5ccnc5[nH]c43)[C@H](O[PH](=O)OCC3C[C@@H](n4cnc5c(N)ncnc54)[C@H]13)[C@@H]2F. The number of allylic oxidation sites excluding steroid dienone is 1. The number of aromatic amines is 1. The summed E-state index contributed by atoms with van der Waals surface area (Å²) in [6, 6.07) is -0.331. The van der Waals surface area contributed by atoms with Crippen LogP contribution in [0.2, 0.25) is 0 Å². The van der Waals surface area contributed by atoms with Crippen molar-refractivity contribution in [2.45, 2.75) is 37.1 Å². The summed E-state index contributed by atoms with van der Waals surface area (Å²) in [6.07, 6.45) is 1.40. The van der Waals surface area contributed by atoms with Crippen molar-refractivity contribution in [1.82, 2.24) is 43.4 Å². The number of rotatable bonds is 2. The van der Waals surface area contributed by atoms with Gasteiger partial charge in [0.05, 0.1) is 25.9 Å². The first-order chi connectivity index (χ1) is 22.1. The minimum atomic E-state index is -4.16. The Hall–Kier alpha value is -3.64. The summed E-state index contributed by atoms with van der Waals surface area (Å²) < 4.78 is 75.2. The molecule has 8 rings (SSSR count). The number of nitrogens with one attached hydrogen (secondary N) is 1. The maximum atomic E-state index is 15.9. The Morgan fingerprint density at radius 3 is 2.80 bits per heavy atom. The first kappa shape index (κ1) is 29.7. The van der Waals surface area contributed by atoms with Crippen molar-refractivity contribution in [2.24, 2.45) is 11.8 Å². The molecule has 0 amide bonds. The molecule has 18 nitrogen and oxygen atoms in total. The first-order valence-corrected chi connectivity index (χ1v) is 17.8. The highest BCUT2D eigenvalue weighted by molar-refractivity contribution is 8.44. The van der Waals surface area contributed by atoms with E-state index in [-0.39, 0.29) is 47.1 Å². The number of hydrogen-bond donors (Lipinski definition) is 3. The minimum Gasteiger partial charge on any atom is -0.422 e. The van der Waals surface area contributed by atoms with E-state index in [4.69, 9.17) is 28.6 Å². The molecule has 9 atom stereocenters. The Kier molecular flexibility index (Phi) is 7.09. The number of ether oxygens (including phenoxy) is 1. The largest absolute Gasteiger partial charge is 0.436 e. The van der Waals surface area contributed by atoms with Crippen molar-refractivity contribution in [3.8, 4) is 0 Å². The van der Waals surface area contributed by atoms with E-state index in [0.717, 1.165) is 0 Å². The smallest absolute Gasteiger partial charge is 0.422 e. The highest BCUT2D eigenvalue weighted by Crippen LogP contribution is 2.60. The van der Waals surface area contributed by atoms with Gasteiger partial charge in [-0.25, -0.2) is 38.3 Å². The molecule has 5 aromatic heterocycles. The molecular weight excluding hydrogens is 669 g/mol. The lowest BCUT2D eigenvalue weighted by atomic mass is 9.68. The van der Waals surface area contributed by atoms with Crippen LogP contribution in [0.25, 0.3) is 28.1 Å². The van der Waals surface area contributed by atoms with E-state index in [2.05, 4.69) is 48.7 Å². The molecule has 1 aliphatic carbocycles. The predicted octanol–water partition coefficient (Wildman–Crippen LogP) is 2.60. The summed E-state index contributed by atoms with van der Waals surface area (Å²) in [5.41, 5.74) is 6.55. The number of H-pyrrole nitrogens is 1. The average Bonchev–Trinajstić information content (AvgIpc) is 3.78. The lowest BCUT2D eigenvalue weighted by Crippen LogP contribution is -2.42. The summed E-state index contributed by atoms with van der Waals surface area (Å²) in [4.78, 5) is 36.7. The number of fused-ring (bicyclic) bond motifs is 6. The van der Waals surface area contributed by atoms with Gasteiger partial charge >= 0.3 is 15.1 Å². The summed E-state index contributed by atoms with van der Waals surface area (Å²) >= 11 is 4.11. The van der Waals surface area contributed by atoms with Crippen LogP contribution in [0.4, 0.5) is 10.2 Å². The van der Waals surface area contributed by atoms with E-state index in [1.54, 1.807) is 10.9 Å². The topological polar surface area (TPSA) is 218 Å². The average molecular weight is 695 g/mol. The van der Waals surface area contributed by atoms with Crippen LogP contribution >= 0.6 is 27.3 Å². The molecule has 1 saturated carbocycles. The van der Waals surface area contributed by atoms with Crippen molar-refractivity contribution < 1.29 is 36.4 Å². The van der Waals surface area contributed by atoms with Gasteiger partial charge in [0.25, 0.3) is 5.56 Å². The number of nitrogen functional groups attached to an aromatic ring is 1. The lowest BCUT2D eigenvalue weighted by Gasteiger charge is -2.45. The van der Waals surface area contributed by atoms with Crippen LogP contribution in [0.1, 0.15) is 18.7 Å². The number of nitrogens with two attached hydrogens (primary N) is 1. The number of alkyl halides is 1. The van der Waals surface area contributed by atoms with Gasteiger partial charge in [0.2, 0.25) is 5.78 Å². The van der Waals surface area contributed by atoms with Gasteiger partial charge < -0.3 is 29.1 Å². The molecule has 0 radical (unpaired) electrons. The van der Waals surface area contributed by atoms with E-state index in [9.17, 15) is 13.9 Å². The number of halogens is 1. The molecule has 22 heteroatoms. The molecule has 3 fully saturated rings. The van der Waals surface area contributed by atoms with Crippen LogP contribution in [-0.4, -0.2) is 75.0 Å². The monoisotopic (exact) mass is 694 g/mol. The van der Waals surface area contributed by atoms with E-state index >= 15 is 4.39 Å². The Labute approximate surface area is 262 Å². The zero-order chi connectivity index (χ0) is 31.9. The quantitative estimate of drug-likeness (QED) is 0.179. The van der Waals surface area contributed by atoms with Crippen LogP contribution < -0.4 is 11.3 Å². The van der Waals surface area contributed by atoms with E-state index < -0.39 is 57.7 Å². The molecule has 0 aromatic carbocycles. The van der Waals surface area contributed by atoms with Gasteiger partial charge in [0, 0.05) is 24.4 Å². The Bertz CT molecular complexity index is 2150. The van der Waals surface area contributed by atoms with Gasteiger partial charge in [-0.05, 0) is 24.6 Å². The summed E-state index contributed by atoms with van der Waals surface area (Å²) in [7, 11) is -3.32. The molecule has 7 heterocycles. The van der Waals surface area contributed by atoms with E-state index in [0.29, 0.717) is 17.6 Å². The molecule has 2 aliphatic heterocycles. The fraction of sp³-hybridized carbons (Fsp3) is 0.417. The molecular formula is C24H25FN10O8P2S. The molecule has 242 valence electrons. The van der Waals surface area contributed by atoms with Crippen molar-refractivity contribution >= 4 is 61.2 Å². The van der Waals surface area contributed by atoms with Gasteiger partial charge in [-0.15, -0.1) is 0 Å². The summed E-state index contributed by atoms with van der Waals surface area (Å²) in [6.45, 7) is -0.863. The second-order valence-electron chi connectivity index (χ2n) is 11.0. The molecule has 2 unspecified atom stereocenters. The number of aromatic nitrogens is 9. The van der Waals surface area contributed by atoms with Gasteiger partial charge in [0.15, 0.2) is 29.4 Å². The van der Waals surface area contributed by atoms with Crippen molar-refractivity contribution in [2.75, 3.05) is 18.9 Å². The second kappa shape index (κ2) is 11.0. The van der Waals surface area contributed by atoms with E-state index in [1.165, 1.54) is 34.0 Å². The van der Waals surface area contributed by atoms with Gasteiger partial charge in [-0.2, -0.15) is 0 Å². The molecule has 5 aromatic rings. The molecule has 2 saturated heterocycles.